The van der Waals surface area contributed by atoms with Crippen molar-refractivity contribution in [1.29, 1.82) is 0 Å². The number of aromatic nitrogens is 5. The quantitative estimate of drug-likeness (QED) is 0.479. The van der Waals surface area contributed by atoms with Crippen LogP contribution in [-0.2, 0) is 19.9 Å². The number of nitrogens with zero attached hydrogens (tertiary/aromatic N) is 5. The van der Waals surface area contributed by atoms with Crippen molar-refractivity contribution in [2.45, 2.75) is 40.5 Å². The molecule has 0 amide bonds. The van der Waals surface area contributed by atoms with Crippen LogP contribution in [0.4, 0.5) is 5.82 Å². The lowest BCUT2D eigenvalue weighted by Crippen LogP contribution is -2.19. The van der Waals surface area contributed by atoms with E-state index in [9.17, 15) is 0 Å². The van der Waals surface area contributed by atoms with E-state index < -0.39 is 0 Å². The Bertz CT molecular complexity index is 1200. The number of rotatable bonds is 6. The molecule has 6 heteroatoms. The molecule has 0 aliphatic rings. The predicted octanol–water partition coefficient (Wildman–Crippen LogP) is 5.04. The van der Waals surface area contributed by atoms with Crippen molar-refractivity contribution in [2.24, 2.45) is 12.5 Å². The highest BCUT2D eigenvalue weighted by molar-refractivity contribution is 5.87. The van der Waals surface area contributed by atoms with Crippen LogP contribution in [0.2, 0.25) is 0 Å². The Kier molecular flexibility index (Phi) is 5.72. The van der Waals surface area contributed by atoms with Gasteiger partial charge in [0, 0.05) is 49.6 Å². The van der Waals surface area contributed by atoms with E-state index in [4.69, 9.17) is 4.98 Å². The molecule has 0 radical (unpaired) electrons. The molecule has 0 saturated carbocycles. The summed E-state index contributed by atoms with van der Waals surface area (Å²) in [7, 11) is 1.94. The van der Waals surface area contributed by atoms with Crippen LogP contribution < -0.4 is 5.32 Å². The van der Waals surface area contributed by atoms with Crippen molar-refractivity contribution in [1.82, 2.24) is 24.7 Å². The fraction of sp³-hybridized carbons (Fsp3) is 0.360. The van der Waals surface area contributed by atoms with E-state index in [1.54, 1.807) is 0 Å². The molecule has 160 valence electrons. The third kappa shape index (κ3) is 4.90. The smallest absolute Gasteiger partial charge is 0.152 e. The molecule has 0 atom stereocenters. The van der Waals surface area contributed by atoms with Gasteiger partial charge in [-0.05, 0) is 34.6 Å². The molecular weight excluding hydrogens is 384 g/mol. The van der Waals surface area contributed by atoms with Crippen molar-refractivity contribution in [3.05, 3.63) is 66.0 Å². The molecule has 3 aromatic heterocycles. The molecule has 0 spiro atoms. The van der Waals surface area contributed by atoms with E-state index in [1.165, 1.54) is 16.7 Å². The summed E-state index contributed by atoms with van der Waals surface area (Å²) in [6.07, 6.45) is 9.30. The second-order valence-electron chi connectivity index (χ2n) is 9.21. The molecule has 0 fully saturated rings. The summed E-state index contributed by atoms with van der Waals surface area (Å²) in [6.45, 7) is 9.62. The number of hydrogen-bond acceptors (Lipinski definition) is 5. The Hall–Kier alpha value is -3.28. The van der Waals surface area contributed by atoms with E-state index in [1.807, 2.05) is 42.6 Å². The zero-order valence-corrected chi connectivity index (χ0v) is 19.0. The van der Waals surface area contributed by atoms with Gasteiger partial charge < -0.3 is 5.32 Å². The molecular formula is C25H30N6. The lowest BCUT2D eigenvalue weighted by molar-refractivity contribution is 0.442. The van der Waals surface area contributed by atoms with Crippen LogP contribution in [0.15, 0.2) is 49.1 Å². The number of anilines is 1. The third-order valence-corrected chi connectivity index (χ3v) is 5.31. The molecule has 1 N–H and O–H groups in total. The van der Waals surface area contributed by atoms with Gasteiger partial charge >= 0.3 is 0 Å². The number of fused-ring (bicyclic) bond motifs is 1. The van der Waals surface area contributed by atoms with Crippen LogP contribution in [0, 0.1) is 5.41 Å². The largest absolute Gasteiger partial charge is 0.368 e. The van der Waals surface area contributed by atoms with Crippen LogP contribution in [-0.4, -0.2) is 31.3 Å². The van der Waals surface area contributed by atoms with Gasteiger partial charge in [0.2, 0.25) is 0 Å². The van der Waals surface area contributed by atoms with E-state index in [0.29, 0.717) is 6.42 Å². The summed E-state index contributed by atoms with van der Waals surface area (Å²) < 4.78 is 1.83. The highest BCUT2D eigenvalue weighted by Crippen LogP contribution is 2.25. The Labute approximate surface area is 183 Å². The van der Waals surface area contributed by atoms with Gasteiger partial charge in [0.1, 0.15) is 11.3 Å². The van der Waals surface area contributed by atoms with Crippen molar-refractivity contribution < 1.29 is 0 Å². The van der Waals surface area contributed by atoms with Crippen molar-refractivity contribution in [3.63, 3.8) is 0 Å². The fourth-order valence-corrected chi connectivity index (χ4v) is 3.60. The van der Waals surface area contributed by atoms with Crippen LogP contribution in [0.5, 0.6) is 0 Å². The normalized spacial score (nSPS) is 11.8. The first-order chi connectivity index (χ1) is 14.8. The number of pyridine rings is 1. The highest BCUT2D eigenvalue weighted by atomic mass is 15.2. The highest BCUT2D eigenvalue weighted by Gasteiger charge is 2.13. The maximum absolute atomic E-state index is 4.88. The average molecular weight is 415 g/mol. The second kappa shape index (κ2) is 8.46. The first kappa shape index (κ1) is 21.0. The minimum atomic E-state index is 0.158. The van der Waals surface area contributed by atoms with E-state index >= 15 is 0 Å². The first-order valence-electron chi connectivity index (χ1n) is 10.8. The standard InChI is InChI=1S/C25H30N6/c1-6-17-11-18(21-14-29-31(5)15-21)7-8-19(17)12-22-27-13-20-9-10-26-24(23(20)30-22)28-16-25(2,3)4/h7-11,13-15H,6,12,16H2,1-5H3,(H,26,28). The first-order valence-corrected chi connectivity index (χ1v) is 10.8. The summed E-state index contributed by atoms with van der Waals surface area (Å²) in [5.41, 5.74) is 5.91. The van der Waals surface area contributed by atoms with Crippen LogP contribution in [0.25, 0.3) is 22.0 Å². The fourth-order valence-electron chi connectivity index (χ4n) is 3.60. The molecule has 0 aliphatic carbocycles. The lowest BCUT2D eigenvalue weighted by Gasteiger charge is -2.19. The molecule has 0 unspecified atom stereocenters. The van der Waals surface area contributed by atoms with Gasteiger partial charge in [0.25, 0.3) is 0 Å². The molecule has 0 saturated heterocycles. The van der Waals surface area contributed by atoms with E-state index in [-0.39, 0.29) is 5.41 Å². The zero-order chi connectivity index (χ0) is 22.0. The lowest BCUT2D eigenvalue weighted by atomic mass is 9.97. The number of nitrogens with one attached hydrogen (secondary N) is 1. The summed E-state index contributed by atoms with van der Waals surface area (Å²) in [4.78, 5) is 14.0. The molecule has 4 aromatic rings. The van der Waals surface area contributed by atoms with Crippen LogP contribution >= 0.6 is 0 Å². The van der Waals surface area contributed by atoms with E-state index in [0.717, 1.165) is 41.1 Å². The minimum absolute atomic E-state index is 0.158. The Balaban J connectivity index is 1.63. The van der Waals surface area contributed by atoms with Crippen LogP contribution in [0.1, 0.15) is 44.6 Å². The van der Waals surface area contributed by atoms with Gasteiger partial charge in [-0.15, -0.1) is 0 Å². The van der Waals surface area contributed by atoms with Crippen LogP contribution in [0.3, 0.4) is 0 Å². The van der Waals surface area contributed by atoms with Crippen molar-refractivity contribution in [3.8, 4) is 11.1 Å². The van der Waals surface area contributed by atoms with Gasteiger partial charge in [0.15, 0.2) is 5.82 Å². The predicted molar refractivity (Wildman–Crippen MR) is 126 cm³/mol. The Morgan fingerprint density at radius 1 is 1.00 bits per heavy atom. The van der Waals surface area contributed by atoms with E-state index in [2.05, 4.69) is 66.3 Å². The summed E-state index contributed by atoms with van der Waals surface area (Å²) in [5, 5.41) is 8.75. The van der Waals surface area contributed by atoms with Gasteiger partial charge in [-0.3, -0.25) is 4.68 Å². The van der Waals surface area contributed by atoms with Gasteiger partial charge in [0.05, 0.1) is 6.20 Å². The number of benzene rings is 1. The molecule has 0 bridgehead atoms. The van der Waals surface area contributed by atoms with Crippen molar-refractivity contribution in [2.75, 3.05) is 11.9 Å². The van der Waals surface area contributed by atoms with Gasteiger partial charge in [-0.1, -0.05) is 45.9 Å². The SMILES string of the molecule is CCc1cc(-c2cnn(C)c2)ccc1Cc1ncc2ccnc(NCC(C)(C)C)c2n1. The maximum Gasteiger partial charge on any atom is 0.152 e. The average Bonchev–Trinajstić information content (AvgIpc) is 3.18. The molecule has 6 nitrogen and oxygen atoms in total. The zero-order valence-electron chi connectivity index (χ0n) is 19.0. The topological polar surface area (TPSA) is 68.5 Å². The second-order valence-corrected chi connectivity index (χ2v) is 9.21. The molecule has 0 aliphatic heterocycles. The Morgan fingerprint density at radius 2 is 1.84 bits per heavy atom. The maximum atomic E-state index is 4.88. The van der Waals surface area contributed by atoms with Gasteiger partial charge in [-0.2, -0.15) is 5.10 Å². The molecule has 4 rings (SSSR count). The van der Waals surface area contributed by atoms with Gasteiger partial charge in [-0.25, -0.2) is 15.0 Å². The molecule has 3 heterocycles. The molecule has 1 aromatic carbocycles. The number of aryl methyl sites for hydroxylation is 2. The molecule has 31 heavy (non-hydrogen) atoms. The summed E-state index contributed by atoms with van der Waals surface area (Å²) in [6, 6.07) is 8.56. The Morgan fingerprint density at radius 3 is 2.55 bits per heavy atom. The number of hydrogen-bond donors (Lipinski definition) is 1. The monoisotopic (exact) mass is 414 g/mol. The minimum Gasteiger partial charge on any atom is -0.368 e. The summed E-state index contributed by atoms with van der Waals surface area (Å²) >= 11 is 0. The summed E-state index contributed by atoms with van der Waals surface area (Å²) in [5.74, 6) is 1.63. The third-order valence-electron chi connectivity index (χ3n) is 5.31. The van der Waals surface area contributed by atoms with Crippen molar-refractivity contribution >= 4 is 16.7 Å².